The van der Waals surface area contributed by atoms with Crippen LogP contribution in [0.5, 0.6) is 5.75 Å². The van der Waals surface area contributed by atoms with Gasteiger partial charge in [0.15, 0.2) is 0 Å². The molecule has 1 aromatic heterocycles. The molecular weight excluding hydrogens is 487 g/mol. The normalized spacial score (nSPS) is 15.5. The molecule has 4 rings (SSSR count). The molecule has 1 N–H and O–H groups in total. The van der Waals surface area contributed by atoms with E-state index in [1.54, 1.807) is 13.0 Å². The molecule has 190 valence electrons. The first-order valence-corrected chi connectivity index (χ1v) is 11.5. The SMILES string of the molecule is Cc1c(C)c2ccc(OCC(O)CN3CCN(C/C=C/c4ccccc4)CC3)cc2oc1=O.Cl.Cl. The summed E-state index contributed by atoms with van der Waals surface area (Å²) in [7, 11) is 0. The molecule has 2 aromatic carbocycles. The van der Waals surface area contributed by atoms with Crippen LogP contribution in [0, 0.1) is 13.8 Å². The number of ether oxygens (including phenoxy) is 1. The van der Waals surface area contributed by atoms with Crippen LogP contribution in [0.25, 0.3) is 17.0 Å². The fraction of sp³-hybridized carbons (Fsp3) is 0.370. The fourth-order valence-corrected chi connectivity index (χ4v) is 4.12. The van der Waals surface area contributed by atoms with Crippen molar-refractivity contribution in [3.63, 3.8) is 0 Å². The Hall–Kier alpha value is -2.35. The number of halogens is 2. The van der Waals surface area contributed by atoms with E-state index in [1.165, 1.54) is 5.56 Å². The molecule has 0 radical (unpaired) electrons. The van der Waals surface area contributed by atoms with E-state index in [9.17, 15) is 9.90 Å². The van der Waals surface area contributed by atoms with Gasteiger partial charge in [-0.3, -0.25) is 9.80 Å². The average molecular weight is 521 g/mol. The van der Waals surface area contributed by atoms with Crippen molar-refractivity contribution in [2.45, 2.75) is 20.0 Å². The van der Waals surface area contributed by atoms with Crippen LogP contribution in [0.15, 0.2) is 63.8 Å². The third-order valence-corrected chi connectivity index (χ3v) is 6.28. The zero-order valence-corrected chi connectivity index (χ0v) is 21.8. The van der Waals surface area contributed by atoms with Crippen molar-refractivity contribution in [2.24, 2.45) is 0 Å². The van der Waals surface area contributed by atoms with Gasteiger partial charge in [-0.05, 0) is 37.1 Å². The fourth-order valence-electron chi connectivity index (χ4n) is 4.12. The largest absolute Gasteiger partial charge is 0.491 e. The molecule has 8 heteroatoms. The second kappa shape index (κ2) is 13.7. The van der Waals surface area contributed by atoms with Gasteiger partial charge in [-0.1, -0.05) is 42.5 Å². The molecule has 1 fully saturated rings. The minimum Gasteiger partial charge on any atom is -0.491 e. The van der Waals surface area contributed by atoms with E-state index in [1.807, 2.05) is 37.3 Å². The maximum absolute atomic E-state index is 11.9. The molecule has 1 aliphatic heterocycles. The Labute approximate surface area is 219 Å². The number of rotatable bonds is 8. The predicted molar refractivity (Wildman–Crippen MR) is 146 cm³/mol. The zero-order valence-electron chi connectivity index (χ0n) is 20.2. The highest BCUT2D eigenvalue weighted by atomic mass is 35.5. The molecule has 0 saturated carbocycles. The first-order chi connectivity index (χ1) is 16.0. The highest BCUT2D eigenvalue weighted by molar-refractivity contribution is 5.85. The van der Waals surface area contributed by atoms with Crippen LogP contribution in [0.3, 0.4) is 0 Å². The van der Waals surface area contributed by atoms with Gasteiger partial charge < -0.3 is 14.3 Å². The summed E-state index contributed by atoms with van der Waals surface area (Å²) >= 11 is 0. The Kier molecular flexibility index (Phi) is 11.3. The van der Waals surface area contributed by atoms with E-state index in [4.69, 9.17) is 9.15 Å². The molecule has 1 atom stereocenters. The lowest BCUT2D eigenvalue weighted by Crippen LogP contribution is -2.49. The van der Waals surface area contributed by atoms with Gasteiger partial charge in [0.25, 0.3) is 0 Å². The molecular formula is C27H34Cl2N2O4. The summed E-state index contributed by atoms with van der Waals surface area (Å²) in [6, 6.07) is 15.8. The van der Waals surface area contributed by atoms with Crippen molar-refractivity contribution in [2.75, 3.05) is 45.9 Å². The zero-order chi connectivity index (χ0) is 23.2. The van der Waals surface area contributed by atoms with Crippen LogP contribution in [-0.2, 0) is 0 Å². The summed E-state index contributed by atoms with van der Waals surface area (Å²) < 4.78 is 11.2. The summed E-state index contributed by atoms with van der Waals surface area (Å²) in [6.07, 6.45) is 3.78. The Morgan fingerprint density at radius 2 is 1.69 bits per heavy atom. The van der Waals surface area contributed by atoms with Crippen molar-refractivity contribution >= 4 is 41.9 Å². The Morgan fingerprint density at radius 1 is 1.00 bits per heavy atom. The number of hydrogen-bond donors (Lipinski definition) is 1. The summed E-state index contributed by atoms with van der Waals surface area (Å²) in [6.45, 7) is 9.21. The van der Waals surface area contributed by atoms with E-state index in [0.717, 1.165) is 43.7 Å². The Morgan fingerprint density at radius 3 is 2.40 bits per heavy atom. The van der Waals surface area contributed by atoms with Crippen LogP contribution in [-0.4, -0.2) is 66.9 Å². The number of piperazine rings is 1. The number of fused-ring (bicyclic) bond motifs is 1. The van der Waals surface area contributed by atoms with Gasteiger partial charge in [0.2, 0.25) is 0 Å². The molecule has 1 unspecified atom stereocenters. The molecule has 0 amide bonds. The van der Waals surface area contributed by atoms with Crippen molar-refractivity contribution in [1.82, 2.24) is 9.80 Å². The molecule has 3 aromatic rings. The lowest BCUT2D eigenvalue weighted by atomic mass is 10.1. The Balaban J connectivity index is 0.00000216. The highest BCUT2D eigenvalue weighted by Gasteiger charge is 2.19. The average Bonchev–Trinajstić information content (AvgIpc) is 2.83. The van der Waals surface area contributed by atoms with E-state index >= 15 is 0 Å². The number of aliphatic hydroxyl groups excluding tert-OH is 1. The van der Waals surface area contributed by atoms with Crippen LogP contribution < -0.4 is 10.4 Å². The monoisotopic (exact) mass is 520 g/mol. The molecule has 1 aliphatic rings. The smallest absolute Gasteiger partial charge is 0.339 e. The van der Waals surface area contributed by atoms with E-state index in [0.29, 0.717) is 23.4 Å². The number of aryl methyl sites for hydroxylation is 1. The minimum atomic E-state index is -0.586. The number of benzene rings is 2. The van der Waals surface area contributed by atoms with E-state index in [2.05, 4.69) is 34.1 Å². The molecule has 0 bridgehead atoms. The van der Waals surface area contributed by atoms with E-state index in [-0.39, 0.29) is 37.0 Å². The first-order valence-electron chi connectivity index (χ1n) is 11.5. The van der Waals surface area contributed by atoms with Gasteiger partial charge in [0.05, 0.1) is 0 Å². The Bertz CT molecular complexity index is 1160. The van der Waals surface area contributed by atoms with Crippen LogP contribution in [0.1, 0.15) is 16.7 Å². The third-order valence-electron chi connectivity index (χ3n) is 6.28. The number of nitrogens with zero attached hydrogens (tertiary/aromatic N) is 2. The molecule has 35 heavy (non-hydrogen) atoms. The van der Waals surface area contributed by atoms with Crippen LogP contribution >= 0.6 is 24.8 Å². The van der Waals surface area contributed by atoms with Gasteiger partial charge in [0, 0.05) is 56.3 Å². The lowest BCUT2D eigenvalue weighted by molar-refractivity contribution is 0.0482. The van der Waals surface area contributed by atoms with E-state index < -0.39 is 6.10 Å². The number of hydrogen-bond acceptors (Lipinski definition) is 6. The quantitative estimate of drug-likeness (QED) is 0.446. The van der Waals surface area contributed by atoms with Crippen molar-refractivity contribution in [3.8, 4) is 5.75 Å². The molecule has 0 spiro atoms. The van der Waals surface area contributed by atoms with Gasteiger partial charge >= 0.3 is 5.63 Å². The summed E-state index contributed by atoms with van der Waals surface area (Å²) in [5, 5.41) is 11.4. The summed E-state index contributed by atoms with van der Waals surface area (Å²) in [5.41, 5.74) is 2.94. The lowest BCUT2D eigenvalue weighted by Gasteiger charge is -2.35. The van der Waals surface area contributed by atoms with Gasteiger partial charge in [-0.15, -0.1) is 24.8 Å². The predicted octanol–water partition coefficient (Wildman–Crippen LogP) is 4.32. The molecule has 6 nitrogen and oxygen atoms in total. The topological polar surface area (TPSA) is 66.2 Å². The maximum atomic E-state index is 11.9. The second-order valence-electron chi connectivity index (χ2n) is 8.68. The number of aliphatic hydroxyl groups is 1. The highest BCUT2D eigenvalue weighted by Crippen LogP contribution is 2.24. The minimum absolute atomic E-state index is 0. The van der Waals surface area contributed by atoms with Gasteiger partial charge in [-0.25, -0.2) is 4.79 Å². The molecule has 0 aliphatic carbocycles. The van der Waals surface area contributed by atoms with Gasteiger partial charge in [-0.2, -0.15) is 0 Å². The second-order valence-corrected chi connectivity index (χ2v) is 8.68. The summed E-state index contributed by atoms with van der Waals surface area (Å²) in [4.78, 5) is 16.6. The molecule has 1 saturated heterocycles. The summed E-state index contributed by atoms with van der Waals surface area (Å²) in [5.74, 6) is 0.586. The van der Waals surface area contributed by atoms with Crippen molar-refractivity contribution in [3.05, 3.63) is 81.7 Å². The van der Waals surface area contributed by atoms with Crippen LogP contribution in [0.4, 0.5) is 0 Å². The third kappa shape index (κ3) is 7.82. The first kappa shape index (κ1) is 28.9. The van der Waals surface area contributed by atoms with Crippen LogP contribution in [0.2, 0.25) is 0 Å². The standard InChI is InChI=1S/C27H32N2O4.2ClH/c1-20-21(2)27(31)33-26-17-24(10-11-25(20)26)32-19-23(30)18-29-15-13-28(14-16-29)12-6-9-22-7-4-3-5-8-22;;/h3-11,17,23,30H,12-16,18-19H2,1-2H3;2*1H/b9-6+;;. The maximum Gasteiger partial charge on any atom is 0.339 e. The van der Waals surface area contributed by atoms with Gasteiger partial charge in [0.1, 0.15) is 24.0 Å². The molecule has 2 heterocycles. The van der Waals surface area contributed by atoms with Crippen molar-refractivity contribution in [1.29, 1.82) is 0 Å². The number of β-amino-alcohol motifs (C(OH)–C–C–N with tert-alkyl or cyclic N) is 1. The van der Waals surface area contributed by atoms with Crippen molar-refractivity contribution < 1.29 is 14.3 Å².